The molecule has 0 radical (unpaired) electrons. The number of rotatable bonds is 3. The summed E-state index contributed by atoms with van der Waals surface area (Å²) in [4.78, 5) is 0. The van der Waals surface area contributed by atoms with Gasteiger partial charge in [-0.1, -0.05) is 13.8 Å². The van der Waals surface area contributed by atoms with Gasteiger partial charge in [0, 0.05) is 6.04 Å². The molecule has 0 aromatic rings. The minimum absolute atomic E-state index is 0.164. The molecule has 1 unspecified atom stereocenters. The predicted molar refractivity (Wildman–Crippen MR) is 55.3 cm³/mol. The van der Waals surface area contributed by atoms with Crippen LogP contribution in [0.5, 0.6) is 0 Å². The van der Waals surface area contributed by atoms with E-state index < -0.39 is 11.0 Å². The predicted octanol–water partition coefficient (Wildman–Crippen LogP) is 2.08. The summed E-state index contributed by atoms with van der Waals surface area (Å²) in [5.74, 6) is 0.524. The van der Waals surface area contributed by atoms with Gasteiger partial charge in [-0.3, -0.25) is 0 Å². The second-order valence-electron chi connectivity index (χ2n) is 4.53. The van der Waals surface area contributed by atoms with E-state index in [1.54, 1.807) is 0 Å². The summed E-state index contributed by atoms with van der Waals surface area (Å²) >= 11 is 0. The van der Waals surface area contributed by atoms with Crippen molar-refractivity contribution in [1.82, 2.24) is 4.72 Å². The van der Waals surface area contributed by atoms with Gasteiger partial charge in [0.15, 0.2) is 0 Å². The van der Waals surface area contributed by atoms with Gasteiger partial charge in [0.2, 0.25) is 0 Å². The molecule has 0 rings (SSSR count). The Labute approximate surface area is 78.7 Å². The average Bonchev–Trinajstić information content (AvgIpc) is 1.85. The Bertz CT molecular complexity index is 160. The SMILES string of the molecule is CC(C)[C@H](C)NS(=O)C(C)(C)C. The largest absolute Gasteiger partial charge is 0.242 e. The van der Waals surface area contributed by atoms with E-state index in [1.807, 2.05) is 20.8 Å². The van der Waals surface area contributed by atoms with Crippen LogP contribution in [0.2, 0.25) is 0 Å². The third-order valence-electron chi connectivity index (χ3n) is 1.85. The van der Waals surface area contributed by atoms with Crippen molar-refractivity contribution in [3.63, 3.8) is 0 Å². The van der Waals surface area contributed by atoms with E-state index in [4.69, 9.17) is 0 Å². The molecular formula is C9H21NOS. The average molecular weight is 191 g/mol. The Kier molecular flexibility index (Phi) is 4.42. The van der Waals surface area contributed by atoms with E-state index in [2.05, 4.69) is 25.5 Å². The van der Waals surface area contributed by atoms with Crippen LogP contribution in [0.3, 0.4) is 0 Å². The molecule has 0 aliphatic heterocycles. The zero-order chi connectivity index (χ0) is 9.94. The van der Waals surface area contributed by atoms with Crippen LogP contribution in [0, 0.1) is 5.92 Å². The maximum absolute atomic E-state index is 11.6. The number of hydrogen-bond acceptors (Lipinski definition) is 1. The summed E-state index contributed by atoms with van der Waals surface area (Å²) in [6, 6.07) is 0.310. The summed E-state index contributed by atoms with van der Waals surface area (Å²) in [6.45, 7) is 12.2. The maximum Gasteiger partial charge on any atom is 0.0972 e. The summed E-state index contributed by atoms with van der Waals surface area (Å²) in [5, 5.41) is 0. The van der Waals surface area contributed by atoms with Crippen molar-refractivity contribution in [1.29, 1.82) is 0 Å². The van der Waals surface area contributed by atoms with E-state index >= 15 is 0 Å². The highest BCUT2D eigenvalue weighted by Gasteiger charge is 2.21. The summed E-state index contributed by atoms with van der Waals surface area (Å²) in [5.41, 5.74) is 0. The molecule has 0 heterocycles. The molecule has 12 heavy (non-hydrogen) atoms. The number of hydrogen-bond donors (Lipinski definition) is 1. The highest BCUT2D eigenvalue weighted by atomic mass is 32.2. The molecule has 0 saturated carbocycles. The van der Waals surface area contributed by atoms with Crippen LogP contribution in [-0.2, 0) is 11.0 Å². The van der Waals surface area contributed by atoms with E-state index in [0.29, 0.717) is 12.0 Å². The van der Waals surface area contributed by atoms with Gasteiger partial charge in [0.1, 0.15) is 0 Å². The lowest BCUT2D eigenvalue weighted by Crippen LogP contribution is -2.40. The van der Waals surface area contributed by atoms with Crippen molar-refractivity contribution in [3.05, 3.63) is 0 Å². The van der Waals surface area contributed by atoms with Crippen LogP contribution >= 0.6 is 0 Å². The van der Waals surface area contributed by atoms with Crippen molar-refractivity contribution in [2.45, 2.75) is 52.3 Å². The van der Waals surface area contributed by atoms with Gasteiger partial charge in [-0.15, -0.1) is 0 Å². The topological polar surface area (TPSA) is 29.1 Å². The molecule has 0 fully saturated rings. The smallest absolute Gasteiger partial charge is 0.0972 e. The van der Waals surface area contributed by atoms with Gasteiger partial charge in [0.25, 0.3) is 0 Å². The van der Waals surface area contributed by atoms with E-state index in [9.17, 15) is 4.21 Å². The first kappa shape index (κ1) is 12.1. The normalized spacial score (nSPS) is 17.9. The Hall–Kier alpha value is 0.110. The lowest BCUT2D eigenvalue weighted by Gasteiger charge is -2.23. The van der Waals surface area contributed by atoms with E-state index in [1.165, 1.54) is 0 Å². The standard InChI is InChI=1S/C9H21NOS/c1-7(2)8(3)10-12(11)9(4,5)6/h7-8,10H,1-6H3/t8-,12?/m0/s1. The Morgan fingerprint density at radius 1 is 1.17 bits per heavy atom. The summed E-state index contributed by atoms with van der Waals surface area (Å²) in [7, 11) is -0.938. The van der Waals surface area contributed by atoms with Gasteiger partial charge in [-0.2, -0.15) is 0 Å². The molecule has 0 amide bonds. The Balaban J connectivity index is 4.02. The molecule has 2 atom stereocenters. The first-order chi connectivity index (χ1) is 5.25. The van der Waals surface area contributed by atoms with Crippen molar-refractivity contribution >= 4 is 11.0 Å². The third-order valence-corrected chi connectivity index (χ3v) is 3.55. The fourth-order valence-corrected chi connectivity index (χ4v) is 1.45. The van der Waals surface area contributed by atoms with Crippen molar-refractivity contribution in [2.75, 3.05) is 0 Å². The quantitative estimate of drug-likeness (QED) is 0.727. The molecule has 74 valence electrons. The highest BCUT2D eigenvalue weighted by molar-refractivity contribution is 7.84. The Morgan fingerprint density at radius 2 is 1.58 bits per heavy atom. The van der Waals surface area contributed by atoms with Crippen LogP contribution < -0.4 is 4.72 Å². The monoisotopic (exact) mass is 191 g/mol. The molecule has 0 saturated heterocycles. The van der Waals surface area contributed by atoms with Crippen molar-refractivity contribution in [2.24, 2.45) is 5.92 Å². The molecule has 0 bridgehead atoms. The van der Waals surface area contributed by atoms with E-state index in [-0.39, 0.29) is 4.75 Å². The molecule has 1 N–H and O–H groups in total. The fraction of sp³-hybridized carbons (Fsp3) is 1.00. The van der Waals surface area contributed by atoms with Gasteiger partial charge in [-0.25, -0.2) is 8.93 Å². The molecule has 0 aromatic heterocycles. The number of nitrogens with one attached hydrogen (secondary N) is 1. The summed E-state index contributed by atoms with van der Waals surface area (Å²) in [6.07, 6.45) is 0. The molecule has 2 nitrogen and oxygen atoms in total. The van der Waals surface area contributed by atoms with E-state index in [0.717, 1.165) is 0 Å². The summed E-state index contributed by atoms with van der Waals surface area (Å²) < 4.78 is 14.5. The van der Waals surface area contributed by atoms with Crippen molar-refractivity contribution in [3.8, 4) is 0 Å². The molecule has 0 spiro atoms. The molecule has 0 aromatic carbocycles. The van der Waals surface area contributed by atoms with Crippen LogP contribution in [0.4, 0.5) is 0 Å². The van der Waals surface area contributed by atoms with Crippen LogP contribution in [0.1, 0.15) is 41.5 Å². The van der Waals surface area contributed by atoms with Crippen LogP contribution in [0.25, 0.3) is 0 Å². The van der Waals surface area contributed by atoms with Crippen LogP contribution in [0.15, 0.2) is 0 Å². The lowest BCUT2D eigenvalue weighted by molar-refractivity contribution is 0.487. The highest BCUT2D eigenvalue weighted by Crippen LogP contribution is 2.11. The van der Waals surface area contributed by atoms with Gasteiger partial charge in [-0.05, 0) is 33.6 Å². The fourth-order valence-electron chi connectivity index (χ4n) is 0.482. The minimum atomic E-state index is -0.938. The third kappa shape index (κ3) is 4.21. The van der Waals surface area contributed by atoms with Crippen LogP contribution in [-0.4, -0.2) is 15.0 Å². The lowest BCUT2D eigenvalue weighted by atomic mass is 10.1. The molecule has 0 aliphatic carbocycles. The van der Waals surface area contributed by atoms with Gasteiger partial charge in [0.05, 0.1) is 15.7 Å². The zero-order valence-corrected chi connectivity index (χ0v) is 9.79. The molecular weight excluding hydrogens is 170 g/mol. The first-order valence-corrected chi connectivity index (χ1v) is 5.58. The van der Waals surface area contributed by atoms with Crippen molar-refractivity contribution < 1.29 is 4.21 Å². The Morgan fingerprint density at radius 3 is 1.83 bits per heavy atom. The zero-order valence-electron chi connectivity index (χ0n) is 8.97. The molecule has 3 heteroatoms. The maximum atomic E-state index is 11.6. The van der Waals surface area contributed by atoms with Gasteiger partial charge < -0.3 is 0 Å². The second kappa shape index (κ2) is 4.38. The molecule has 0 aliphatic rings. The second-order valence-corrected chi connectivity index (χ2v) is 6.53. The minimum Gasteiger partial charge on any atom is -0.242 e. The van der Waals surface area contributed by atoms with Gasteiger partial charge >= 0.3 is 0 Å². The first-order valence-electron chi connectivity index (χ1n) is 4.43.